The first kappa shape index (κ1) is 12.0. The molecule has 0 unspecified atom stereocenters. The lowest BCUT2D eigenvalue weighted by Crippen LogP contribution is -2.08. The molecule has 0 amide bonds. The molecule has 0 aromatic carbocycles. The van der Waals surface area contributed by atoms with E-state index in [9.17, 15) is 0 Å². The Kier molecular flexibility index (Phi) is 4.06. The molecule has 2 aromatic heterocycles. The average molecular weight is 270 g/mol. The number of nitrogens with zero attached hydrogens (tertiary/aromatic N) is 4. The van der Waals surface area contributed by atoms with Crippen LogP contribution in [0.5, 0.6) is 0 Å². The van der Waals surface area contributed by atoms with Gasteiger partial charge in [-0.25, -0.2) is 0 Å². The standard InChI is InChI=1S/C10H9Cl2N5/c11-8-15-9(12)17-10(16-8)14-6-3-7-1-4-13-5-2-7/h1-2,4-5H,3,6H2,(H,14,15,16,17). The van der Waals surface area contributed by atoms with Crippen LogP contribution in [0.4, 0.5) is 5.95 Å². The third-order valence-electron chi connectivity index (χ3n) is 2.03. The van der Waals surface area contributed by atoms with E-state index in [-0.39, 0.29) is 10.6 Å². The van der Waals surface area contributed by atoms with Gasteiger partial charge in [-0.3, -0.25) is 4.98 Å². The molecule has 0 saturated carbocycles. The van der Waals surface area contributed by atoms with E-state index < -0.39 is 0 Å². The third-order valence-corrected chi connectivity index (χ3v) is 2.37. The van der Waals surface area contributed by atoms with Crippen molar-refractivity contribution >= 4 is 29.2 Å². The molecule has 2 rings (SSSR count). The molecule has 1 N–H and O–H groups in total. The van der Waals surface area contributed by atoms with Crippen molar-refractivity contribution < 1.29 is 0 Å². The minimum atomic E-state index is 0.0800. The summed E-state index contributed by atoms with van der Waals surface area (Å²) in [4.78, 5) is 15.4. The van der Waals surface area contributed by atoms with E-state index in [1.165, 1.54) is 5.56 Å². The van der Waals surface area contributed by atoms with E-state index in [2.05, 4.69) is 25.3 Å². The molecule has 88 valence electrons. The smallest absolute Gasteiger partial charge is 0.228 e. The summed E-state index contributed by atoms with van der Waals surface area (Å²) in [5, 5.41) is 3.18. The zero-order valence-electron chi connectivity index (χ0n) is 8.77. The Balaban J connectivity index is 1.90. The van der Waals surface area contributed by atoms with Crippen LogP contribution in [-0.2, 0) is 6.42 Å². The van der Waals surface area contributed by atoms with Crippen LogP contribution in [0.25, 0.3) is 0 Å². The largest absolute Gasteiger partial charge is 0.354 e. The van der Waals surface area contributed by atoms with E-state index in [1.54, 1.807) is 12.4 Å². The molecular formula is C10H9Cl2N5. The summed E-state index contributed by atoms with van der Waals surface area (Å²) in [7, 11) is 0. The molecule has 7 heteroatoms. The van der Waals surface area contributed by atoms with E-state index in [1.807, 2.05) is 12.1 Å². The van der Waals surface area contributed by atoms with Crippen molar-refractivity contribution in [3.8, 4) is 0 Å². The molecule has 0 saturated heterocycles. The SMILES string of the molecule is Clc1nc(Cl)nc(NCCc2ccncc2)n1. The van der Waals surface area contributed by atoms with Crippen LogP contribution in [0.1, 0.15) is 5.56 Å². The van der Waals surface area contributed by atoms with Gasteiger partial charge >= 0.3 is 0 Å². The first-order valence-corrected chi connectivity index (χ1v) is 5.69. The lowest BCUT2D eigenvalue weighted by Gasteiger charge is -2.04. The van der Waals surface area contributed by atoms with Gasteiger partial charge in [0.1, 0.15) is 0 Å². The van der Waals surface area contributed by atoms with E-state index in [0.717, 1.165) is 6.42 Å². The molecule has 0 aliphatic rings. The molecule has 0 radical (unpaired) electrons. The fourth-order valence-electron chi connectivity index (χ4n) is 1.27. The van der Waals surface area contributed by atoms with E-state index >= 15 is 0 Å². The average Bonchev–Trinajstić information content (AvgIpc) is 2.29. The molecule has 5 nitrogen and oxygen atoms in total. The van der Waals surface area contributed by atoms with Gasteiger partial charge in [0.05, 0.1) is 0 Å². The Morgan fingerprint density at radius 1 is 1.00 bits per heavy atom. The highest BCUT2D eigenvalue weighted by atomic mass is 35.5. The molecule has 0 aliphatic carbocycles. The topological polar surface area (TPSA) is 63.6 Å². The number of aromatic nitrogens is 4. The van der Waals surface area contributed by atoms with Gasteiger partial charge in [-0.15, -0.1) is 0 Å². The maximum atomic E-state index is 5.65. The van der Waals surface area contributed by atoms with Gasteiger partial charge in [0.25, 0.3) is 0 Å². The number of nitrogens with one attached hydrogen (secondary N) is 1. The number of pyridine rings is 1. The summed E-state index contributed by atoms with van der Waals surface area (Å²) in [5.41, 5.74) is 1.18. The van der Waals surface area contributed by atoms with Crippen molar-refractivity contribution in [3.63, 3.8) is 0 Å². The van der Waals surface area contributed by atoms with Gasteiger partial charge in [-0.1, -0.05) is 0 Å². The number of hydrogen-bond donors (Lipinski definition) is 1. The summed E-state index contributed by atoms with van der Waals surface area (Å²) >= 11 is 11.3. The predicted octanol–water partition coefficient (Wildman–Crippen LogP) is 2.23. The van der Waals surface area contributed by atoms with Gasteiger partial charge in [0.15, 0.2) is 0 Å². The quantitative estimate of drug-likeness (QED) is 0.922. The Bertz CT molecular complexity index is 471. The maximum Gasteiger partial charge on any atom is 0.228 e. The fourth-order valence-corrected chi connectivity index (χ4v) is 1.64. The molecular weight excluding hydrogens is 261 g/mol. The minimum Gasteiger partial charge on any atom is -0.354 e. The monoisotopic (exact) mass is 269 g/mol. The van der Waals surface area contributed by atoms with Crippen molar-refractivity contribution in [1.29, 1.82) is 0 Å². The zero-order chi connectivity index (χ0) is 12.1. The van der Waals surface area contributed by atoms with Gasteiger partial charge in [0.2, 0.25) is 16.5 Å². The first-order chi connectivity index (χ1) is 8.24. The van der Waals surface area contributed by atoms with Gasteiger partial charge in [-0.05, 0) is 47.3 Å². The van der Waals surface area contributed by atoms with E-state index in [4.69, 9.17) is 23.2 Å². The van der Waals surface area contributed by atoms with Crippen LogP contribution in [0.3, 0.4) is 0 Å². The molecule has 0 aliphatic heterocycles. The van der Waals surface area contributed by atoms with E-state index in [0.29, 0.717) is 12.5 Å². The van der Waals surface area contributed by atoms with Crippen LogP contribution in [0.2, 0.25) is 10.6 Å². The molecule has 2 aromatic rings. The second-order valence-electron chi connectivity index (χ2n) is 3.23. The summed E-state index contributed by atoms with van der Waals surface area (Å²) in [6.07, 6.45) is 4.35. The van der Waals surface area contributed by atoms with Crippen molar-refractivity contribution in [1.82, 2.24) is 19.9 Å². The molecule has 0 atom stereocenters. The lowest BCUT2D eigenvalue weighted by molar-refractivity contribution is 0.960. The van der Waals surface area contributed by atoms with Gasteiger partial charge < -0.3 is 5.32 Å². The highest BCUT2D eigenvalue weighted by Gasteiger charge is 2.02. The Morgan fingerprint density at radius 2 is 1.65 bits per heavy atom. The highest BCUT2D eigenvalue weighted by molar-refractivity contribution is 6.31. The second kappa shape index (κ2) is 5.75. The Morgan fingerprint density at radius 3 is 2.29 bits per heavy atom. The van der Waals surface area contributed by atoms with Crippen molar-refractivity contribution in [2.24, 2.45) is 0 Å². The van der Waals surface area contributed by atoms with Crippen LogP contribution in [-0.4, -0.2) is 26.5 Å². The Labute approximate surface area is 108 Å². The zero-order valence-corrected chi connectivity index (χ0v) is 10.3. The third kappa shape index (κ3) is 3.80. The van der Waals surface area contributed by atoms with Gasteiger partial charge in [-0.2, -0.15) is 15.0 Å². The maximum absolute atomic E-state index is 5.65. The molecule has 17 heavy (non-hydrogen) atoms. The number of rotatable bonds is 4. The molecule has 0 bridgehead atoms. The lowest BCUT2D eigenvalue weighted by atomic mass is 10.2. The summed E-state index contributed by atoms with van der Waals surface area (Å²) in [6, 6.07) is 3.91. The normalized spacial score (nSPS) is 10.2. The van der Waals surface area contributed by atoms with Crippen LogP contribution in [0.15, 0.2) is 24.5 Å². The Hall–Kier alpha value is -1.46. The summed E-state index contributed by atoms with van der Waals surface area (Å²) < 4.78 is 0. The van der Waals surface area contributed by atoms with Crippen LogP contribution in [0, 0.1) is 0 Å². The molecule has 0 spiro atoms. The number of anilines is 1. The first-order valence-electron chi connectivity index (χ1n) is 4.94. The summed E-state index contributed by atoms with van der Waals surface area (Å²) in [5.74, 6) is 0.379. The van der Waals surface area contributed by atoms with Crippen LogP contribution < -0.4 is 5.32 Å². The number of hydrogen-bond acceptors (Lipinski definition) is 5. The summed E-state index contributed by atoms with van der Waals surface area (Å²) in [6.45, 7) is 0.681. The molecule has 0 fully saturated rings. The van der Waals surface area contributed by atoms with Crippen LogP contribution >= 0.6 is 23.2 Å². The minimum absolute atomic E-state index is 0.0800. The predicted molar refractivity (Wildman–Crippen MR) is 66.3 cm³/mol. The number of halogens is 2. The van der Waals surface area contributed by atoms with Gasteiger partial charge in [0, 0.05) is 18.9 Å². The van der Waals surface area contributed by atoms with Crippen molar-refractivity contribution in [2.45, 2.75) is 6.42 Å². The van der Waals surface area contributed by atoms with Crippen molar-refractivity contribution in [2.75, 3.05) is 11.9 Å². The van der Waals surface area contributed by atoms with Crippen molar-refractivity contribution in [3.05, 3.63) is 40.7 Å². The second-order valence-corrected chi connectivity index (χ2v) is 3.91. The molecule has 2 heterocycles. The highest BCUT2D eigenvalue weighted by Crippen LogP contribution is 2.09. The fraction of sp³-hybridized carbons (Fsp3) is 0.200.